The monoisotopic (exact) mass is 213 g/mol. The van der Waals surface area contributed by atoms with Gasteiger partial charge < -0.3 is 10.0 Å². The molecule has 0 rings (SSSR count). The first-order chi connectivity index (χ1) is 6.63. The SMILES string of the molecule is C=C(/C=C(/C=C\N(C)CC)CO)CS. The smallest absolute Gasteiger partial charge is 0.0682 e. The largest absolute Gasteiger partial charge is 0.392 e. The van der Waals surface area contributed by atoms with Crippen molar-refractivity contribution >= 4 is 12.6 Å². The van der Waals surface area contributed by atoms with Crippen LogP contribution >= 0.6 is 12.6 Å². The zero-order valence-corrected chi connectivity index (χ0v) is 9.80. The van der Waals surface area contributed by atoms with Gasteiger partial charge in [0, 0.05) is 19.3 Å². The molecule has 0 saturated heterocycles. The highest BCUT2D eigenvalue weighted by Gasteiger charge is 1.92. The highest BCUT2D eigenvalue weighted by Crippen LogP contribution is 2.04. The molecule has 0 bridgehead atoms. The van der Waals surface area contributed by atoms with Gasteiger partial charge in [-0.1, -0.05) is 12.7 Å². The van der Waals surface area contributed by atoms with Gasteiger partial charge in [-0.3, -0.25) is 0 Å². The number of allylic oxidation sites excluding steroid dienone is 1. The van der Waals surface area contributed by atoms with E-state index in [9.17, 15) is 0 Å². The van der Waals surface area contributed by atoms with Gasteiger partial charge in [-0.15, -0.1) is 0 Å². The van der Waals surface area contributed by atoms with Crippen molar-refractivity contribution in [2.24, 2.45) is 0 Å². The van der Waals surface area contributed by atoms with Crippen molar-refractivity contribution in [2.75, 3.05) is 26.0 Å². The van der Waals surface area contributed by atoms with E-state index in [1.807, 2.05) is 30.3 Å². The van der Waals surface area contributed by atoms with Gasteiger partial charge >= 0.3 is 0 Å². The molecule has 0 fully saturated rings. The van der Waals surface area contributed by atoms with E-state index in [-0.39, 0.29) is 6.61 Å². The van der Waals surface area contributed by atoms with Gasteiger partial charge in [-0.05, 0) is 30.3 Å². The fraction of sp³-hybridized carbons (Fsp3) is 0.455. The second kappa shape index (κ2) is 7.71. The predicted molar refractivity (Wildman–Crippen MR) is 65.6 cm³/mol. The molecule has 0 saturated carbocycles. The zero-order chi connectivity index (χ0) is 11.0. The van der Waals surface area contributed by atoms with Crippen molar-refractivity contribution in [2.45, 2.75) is 6.92 Å². The van der Waals surface area contributed by atoms with Gasteiger partial charge in [0.2, 0.25) is 0 Å². The summed E-state index contributed by atoms with van der Waals surface area (Å²) in [6.45, 7) is 6.84. The summed E-state index contributed by atoms with van der Waals surface area (Å²) in [5.41, 5.74) is 1.76. The van der Waals surface area contributed by atoms with Gasteiger partial charge in [0.05, 0.1) is 6.61 Å². The van der Waals surface area contributed by atoms with Crippen LogP contribution < -0.4 is 0 Å². The third-order valence-corrected chi connectivity index (χ3v) is 2.22. The Morgan fingerprint density at radius 3 is 2.64 bits per heavy atom. The molecule has 1 N–H and O–H groups in total. The Kier molecular flexibility index (Phi) is 7.34. The lowest BCUT2D eigenvalue weighted by Gasteiger charge is -2.09. The summed E-state index contributed by atoms with van der Waals surface area (Å²) in [5, 5.41) is 9.05. The zero-order valence-electron chi connectivity index (χ0n) is 8.90. The Morgan fingerprint density at radius 2 is 2.21 bits per heavy atom. The second-order valence-corrected chi connectivity index (χ2v) is 3.40. The quantitative estimate of drug-likeness (QED) is 0.520. The standard InChI is InChI=1S/C11H19NOS/c1-4-12(3)6-5-11(8-13)7-10(2)9-14/h5-7,13-14H,2,4,8-9H2,1,3H3/b6-5-,11-7-. The lowest BCUT2D eigenvalue weighted by molar-refractivity contribution is 0.334. The van der Waals surface area contributed by atoms with Crippen molar-refractivity contribution in [3.63, 3.8) is 0 Å². The highest BCUT2D eigenvalue weighted by molar-refractivity contribution is 7.80. The lowest BCUT2D eigenvalue weighted by Crippen LogP contribution is -2.08. The van der Waals surface area contributed by atoms with Crippen LogP contribution in [0.25, 0.3) is 0 Å². The van der Waals surface area contributed by atoms with Gasteiger partial charge in [-0.25, -0.2) is 0 Å². The maximum absolute atomic E-state index is 9.05. The Balaban J connectivity index is 4.35. The third kappa shape index (κ3) is 5.89. The summed E-state index contributed by atoms with van der Waals surface area (Å²) in [6.07, 6.45) is 5.68. The summed E-state index contributed by atoms with van der Waals surface area (Å²) in [5.74, 6) is 0.612. The van der Waals surface area contributed by atoms with Crippen molar-refractivity contribution < 1.29 is 5.11 Å². The van der Waals surface area contributed by atoms with Crippen LogP contribution in [0.4, 0.5) is 0 Å². The molecule has 0 aromatic heterocycles. The molecule has 0 aliphatic rings. The Bertz CT molecular complexity index is 233. The van der Waals surface area contributed by atoms with Crippen molar-refractivity contribution in [1.29, 1.82) is 0 Å². The summed E-state index contributed by atoms with van der Waals surface area (Å²) in [7, 11) is 1.99. The van der Waals surface area contributed by atoms with Crippen LogP contribution in [0.15, 0.2) is 36.1 Å². The van der Waals surface area contributed by atoms with Gasteiger partial charge in [-0.2, -0.15) is 12.6 Å². The van der Waals surface area contributed by atoms with E-state index >= 15 is 0 Å². The molecule has 0 heterocycles. The molecule has 14 heavy (non-hydrogen) atoms. The molecule has 0 aliphatic carbocycles. The highest BCUT2D eigenvalue weighted by atomic mass is 32.1. The normalized spacial score (nSPS) is 12.1. The Labute approximate surface area is 92.0 Å². The summed E-state index contributed by atoms with van der Waals surface area (Å²) >= 11 is 4.10. The second-order valence-electron chi connectivity index (χ2n) is 3.08. The van der Waals surface area contributed by atoms with E-state index in [2.05, 4.69) is 26.1 Å². The molecule has 0 radical (unpaired) electrons. The van der Waals surface area contributed by atoms with E-state index in [0.717, 1.165) is 17.7 Å². The molecule has 0 aliphatic heterocycles. The number of aliphatic hydroxyl groups excluding tert-OH is 1. The topological polar surface area (TPSA) is 23.5 Å². The Hall–Kier alpha value is -0.670. The minimum atomic E-state index is 0.0286. The van der Waals surface area contributed by atoms with E-state index < -0.39 is 0 Å². The fourth-order valence-corrected chi connectivity index (χ4v) is 0.874. The molecule has 0 spiro atoms. The molecule has 0 aromatic carbocycles. The molecule has 0 unspecified atom stereocenters. The van der Waals surface area contributed by atoms with Crippen LogP contribution in [0.3, 0.4) is 0 Å². The van der Waals surface area contributed by atoms with E-state index in [0.29, 0.717) is 5.75 Å². The van der Waals surface area contributed by atoms with Crippen LogP contribution in [-0.4, -0.2) is 36.0 Å². The fourth-order valence-electron chi connectivity index (χ4n) is 0.783. The summed E-state index contributed by atoms with van der Waals surface area (Å²) in [4.78, 5) is 2.03. The first-order valence-electron chi connectivity index (χ1n) is 4.62. The van der Waals surface area contributed by atoms with Crippen molar-refractivity contribution in [3.05, 3.63) is 36.1 Å². The van der Waals surface area contributed by atoms with Crippen LogP contribution in [0.1, 0.15) is 6.92 Å². The van der Waals surface area contributed by atoms with Gasteiger partial charge in [0.15, 0.2) is 0 Å². The summed E-state index contributed by atoms with van der Waals surface area (Å²) < 4.78 is 0. The first kappa shape index (κ1) is 13.3. The third-order valence-electron chi connectivity index (χ3n) is 1.82. The van der Waals surface area contributed by atoms with Crippen molar-refractivity contribution in [3.8, 4) is 0 Å². The molecule has 0 atom stereocenters. The number of hydrogen-bond donors (Lipinski definition) is 2. The molecule has 3 heteroatoms. The van der Waals surface area contributed by atoms with Crippen LogP contribution in [0.5, 0.6) is 0 Å². The minimum absolute atomic E-state index is 0.0286. The maximum atomic E-state index is 9.05. The molecular weight excluding hydrogens is 194 g/mol. The average molecular weight is 213 g/mol. The van der Waals surface area contributed by atoms with Gasteiger partial charge in [0.1, 0.15) is 0 Å². The van der Waals surface area contributed by atoms with Crippen LogP contribution in [-0.2, 0) is 0 Å². The lowest BCUT2D eigenvalue weighted by atomic mass is 10.2. The number of thiol groups is 1. The minimum Gasteiger partial charge on any atom is -0.392 e. The van der Waals surface area contributed by atoms with E-state index in [1.165, 1.54) is 0 Å². The molecule has 0 amide bonds. The maximum Gasteiger partial charge on any atom is 0.0682 e. The molecule has 80 valence electrons. The van der Waals surface area contributed by atoms with Crippen molar-refractivity contribution in [1.82, 2.24) is 4.90 Å². The molecule has 0 aromatic rings. The number of hydrogen-bond acceptors (Lipinski definition) is 3. The molecular formula is C11H19NOS. The number of nitrogens with zero attached hydrogens (tertiary/aromatic N) is 1. The summed E-state index contributed by atoms with van der Waals surface area (Å²) in [6, 6.07) is 0. The van der Waals surface area contributed by atoms with Crippen LogP contribution in [0.2, 0.25) is 0 Å². The number of aliphatic hydroxyl groups is 1. The van der Waals surface area contributed by atoms with E-state index in [4.69, 9.17) is 5.11 Å². The predicted octanol–water partition coefficient (Wildman–Crippen LogP) is 1.86. The molecule has 2 nitrogen and oxygen atoms in total. The Morgan fingerprint density at radius 1 is 1.57 bits per heavy atom. The van der Waals surface area contributed by atoms with Crippen LogP contribution in [0, 0.1) is 0 Å². The first-order valence-corrected chi connectivity index (χ1v) is 5.25. The van der Waals surface area contributed by atoms with Gasteiger partial charge in [0.25, 0.3) is 0 Å². The van der Waals surface area contributed by atoms with E-state index in [1.54, 1.807) is 0 Å². The average Bonchev–Trinajstić information content (AvgIpc) is 2.22. The number of rotatable bonds is 6.